The van der Waals surface area contributed by atoms with Gasteiger partial charge in [-0.25, -0.2) is 0 Å². The Labute approximate surface area is 109 Å². The molecule has 0 bridgehead atoms. The van der Waals surface area contributed by atoms with Gasteiger partial charge in [0.05, 0.1) is 6.54 Å². The van der Waals surface area contributed by atoms with Crippen LogP contribution in [0.1, 0.15) is 55.3 Å². The zero-order chi connectivity index (χ0) is 13.0. The van der Waals surface area contributed by atoms with Gasteiger partial charge in [0.25, 0.3) is 0 Å². The van der Waals surface area contributed by atoms with Crippen molar-refractivity contribution in [2.75, 3.05) is 7.05 Å². The van der Waals surface area contributed by atoms with Crippen LogP contribution in [0.2, 0.25) is 0 Å². The van der Waals surface area contributed by atoms with Gasteiger partial charge in [-0.15, -0.1) is 0 Å². The van der Waals surface area contributed by atoms with Gasteiger partial charge in [-0.05, 0) is 50.8 Å². The molecule has 18 heavy (non-hydrogen) atoms. The van der Waals surface area contributed by atoms with E-state index in [-0.39, 0.29) is 0 Å². The van der Waals surface area contributed by atoms with Crippen molar-refractivity contribution in [1.82, 2.24) is 4.90 Å². The molecule has 100 valence electrons. The molecule has 1 heterocycles. The van der Waals surface area contributed by atoms with E-state index in [0.717, 1.165) is 24.5 Å². The van der Waals surface area contributed by atoms with Gasteiger partial charge in [0.1, 0.15) is 5.76 Å². The smallest absolute Gasteiger partial charge is 0.185 e. The van der Waals surface area contributed by atoms with E-state index in [1.807, 2.05) is 6.07 Å². The Balaban J connectivity index is 1.84. The maximum atomic E-state index is 10.6. The predicted octanol–water partition coefficient (Wildman–Crippen LogP) is 3.49. The molecule has 1 aliphatic carbocycles. The van der Waals surface area contributed by atoms with Crippen LogP contribution in [0.4, 0.5) is 0 Å². The first-order chi connectivity index (χ1) is 8.72. The number of rotatable bonds is 5. The largest absolute Gasteiger partial charge is 0.457 e. The summed E-state index contributed by atoms with van der Waals surface area (Å²) in [5.74, 6) is 2.24. The number of nitrogens with zero attached hydrogens (tertiary/aromatic N) is 1. The van der Waals surface area contributed by atoms with Crippen molar-refractivity contribution < 1.29 is 9.21 Å². The molecule has 3 nitrogen and oxygen atoms in total. The predicted molar refractivity (Wildman–Crippen MR) is 71.6 cm³/mol. The Morgan fingerprint density at radius 3 is 2.61 bits per heavy atom. The standard InChI is InChI=1S/C15H23NO2/c1-3-12-4-6-13(7-5-12)16(2)10-14-8-9-15(11-17)18-14/h8-9,11-13H,3-7,10H2,1-2H3. The van der Waals surface area contributed by atoms with Crippen LogP contribution in [0.3, 0.4) is 0 Å². The Hall–Kier alpha value is -1.09. The average molecular weight is 249 g/mol. The minimum Gasteiger partial charge on any atom is -0.457 e. The summed E-state index contributed by atoms with van der Waals surface area (Å²) in [7, 11) is 2.15. The third-order valence-corrected chi connectivity index (χ3v) is 4.22. The number of furan rings is 1. The Morgan fingerprint density at radius 1 is 1.33 bits per heavy atom. The number of carbonyl (C=O) groups excluding carboxylic acids is 1. The molecule has 0 aromatic carbocycles. The summed E-state index contributed by atoms with van der Waals surface area (Å²) in [5, 5.41) is 0. The van der Waals surface area contributed by atoms with Crippen LogP contribution in [0.25, 0.3) is 0 Å². The van der Waals surface area contributed by atoms with Crippen molar-refractivity contribution in [3.63, 3.8) is 0 Å². The van der Waals surface area contributed by atoms with Gasteiger partial charge in [-0.3, -0.25) is 9.69 Å². The minimum absolute atomic E-state index is 0.424. The quantitative estimate of drug-likeness (QED) is 0.749. The lowest BCUT2D eigenvalue weighted by atomic mass is 9.84. The van der Waals surface area contributed by atoms with Gasteiger partial charge < -0.3 is 4.42 Å². The molecule has 0 radical (unpaired) electrons. The van der Waals surface area contributed by atoms with Gasteiger partial charge in [-0.1, -0.05) is 13.3 Å². The van der Waals surface area contributed by atoms with E-state index in [0.29, 0.717) is 11.8 Å². The summed E-state index contributed by atoms with van der Waals surface area (Å²) in [6.07, 6.45) is 7.35. The molecular weight excluding hydrogens is 226 g/mol. The zero-order valence-corrected chi connectivity index (χ0v) is 11.4. The van der Waals surface area contributed by atoms with Crippen molar-refractivity contribution in [2.45, 2.75) is 51.6 Å². The fraction of sp³-hybridized carbons (Fsp3) is 0.667. The van der Waals surface area contributed by atoms with E-state index in [1.165, 1.54) is 32.1 Å². The fourth-order valence-electron chi connectivity index (χ4n) is 2.91. The summed E-state index contributed by atoms with van der Waals surface area (Å²) in [6, 6.07) is 4.31. The molecule has 0 unspecified atom stereocenters. The van der Waals surface area contributed by atoms with Gasteiger partial charge >= 0.3 is 0 Å². The minimum atomic E-state index is 0.424. The molecule has 0 aliphatic heterocycles. The van der Waals surface area contributed by atoms with E-state index in [4.69, 9.17) is 4.42 Å². The molecule has 1 fully saturated rings. The number of carbonyl (C=O) groups is 1. The summed E-state index contributed by atoms with van der Waals surface area (Å²) < 4.78 is 5.43. The van der Waals surface area contributed by atoms with Crippen LogP contribution >= 0.6 is 0 Å². The number of hydrogen-bond acceptors (Lipinski definition) is 3. The van der Waals surface area contributed by atoms with Crippen LogP contribution in [0.15, 0.2) is 16.5 Å². The lowest BCUT2D eigenvalue weighted by Crippen LogP contribution is -2.34. The Morgan fingerprint density at radius 2 is 2.06 bits per heavy atom. The maximum Gasteiger partial charge on any atom is 0.185 e. The van der Waals surface area contributed by atoms with E-state index in [1.54, 1.807) is 6.07 Å². The van der Waals surface area contributed by atoms with E-state index < -0.39 is 0 Å². The van der Waals surface area contributed by atoms with Gasteiger partial charge in [0.15, 0.2) is 12.0 Å². The first-order valence-electron chi connectivity index (χ1n) is 6.97. The monoisotopic (exact) mass is 249 g/mol. The number of aldehydes is 1. The summed E-state index contributed by atoms with van der Waals surface area (Å²) in [4.78, 5) is 12.9. The highest BCUT2D eigenvalue weighted by atomic mass is 16.3. The molecule has 0 spiro atoms. The van der Waals surface area contributed by atoms with Crippen LogP contribution < -0.4 is 0 Å². The lowest BCUT2D eigenvalue weighted by Gasteiger charge is -2.34. The van der Waals surface area contributed by atoms with Gasteiger partial charge in [0, 0.05) is 6.04 Å². The molecule has 1 saturated carbocycles. The molecule has 3 heteroatoms. The molecule has 0 saturated heterocycles. The molecule has 1 aromatic heterocycles. The van der Waals surface area contributed by atoms with Crippen molar-refractivity contribution in [2.24, 2.45) is 5.92 Å². The Bertz CT molecular complexity index is 378. The van der Waals surface area contributed by atoms with Crippen molar-refractivity contribution in [3.8, 4) is 0 Å². The second kappa shape index (κ2) is 6.19. The SMILES string of the molecule is CCC1CCC(N(C)Cc2ccc(C=O)o2)CC1. The average Bonchev–Trinajstić information content (AvgIpc) is 2.86. The van der Waals surface area contributed by atoms with Crippen LogP contribution in [-0.4, -0.2) is 24.3 Å². The van der Waals surface area contributed by atoms with E-state index >= 15 is 0 Å². The lowest BCUT2D eigenvalue weighted by molar-refractivity contribution is 0.109. The summed E-state index contributed by atoms with van der Waals surface area (Å²) >= 11 is 0. The second-order valence-electron chi connectivity index (χ2n) is 5.42. The molecular formula is C15H23NO2. The Kier molecular flexibility index (Phi) is 4.59. The van der Waals surface area contributed by atoms with Gasteiger partial charge in [-0.2, -0.15) is 0 Å². The first-order valence-corrected chi connectivity index (χ1v) is 6.97. The normalized spacial score (nSPS) is 24.4. The fourth-order valence-corrected chi connectivity index (χ4v) is 2.91. The molecule has 1 aromatic rings. The highest BCUT2D eigenvalue weighted by molar-refractivity contribution is 5.70. The second-order valence-corrected chi connectivity index (χ2v) is 5.42. The highest BCUT2D eigenvalue weighted by Gasteiger charge is 2.23. The first kappa shape index (κ1) is 13.3. The third-order valence-electron chi connectivity index (χ3n) is 4.22. The zero-order valence-electron chi connectivity index (χ0n) is 11.4. The maximum absolute atomic E-state index is 10.6. The number of hydrogen-bond donors (Lipinski definition) is 0. The topological polar surface area (TPSA) is 33.5 Å². The van der Waals surface area contributed by atoms with Crippen molar-refractivity contribution in [3.05, 3.63) is 23.7 Å². The van der Waals surface area contributed by atoms with Crippen LogP contribution in [0, 0.1) is 5.92 Å². The van der Waals surface area contributed by atoms with Gasteiger partial charge in [0.2, 0.25) is 0 Å². The molecule has 0 amide bonds. The summed E-state index contributed by atoms with van der Waals surface area (Å²) in [6.45, 7) is 3.09. The van der Waals surface area contributed by atoms with E-state index in [9.17, 15) is 4.79 Å². The summed E-state index contributed by atoms with van der Waals surface area (Å²) in [5.41, 5.74) is 0. The molecule has 2 rings (SSSR count). The van der Waals surface area contributed by atoms with Crippen molar-refractivity contribution in [1.29, 1.82) is 0 Å². The molecule has 0 N–H and O–H groups in total. The third kappa shape index (κ3) is 3.22. The molecule has 0 atom stereocenters. The van der Waals surface area contributed by atoms with E-state index in [2.05, 4.69) is 18.9 Å². The van der Waals surface area contributed by atoms with Crippen LogP contribution in [-0.2, 0) is 6.54 Å². The highest BCUT2D eigenvalue weighted by Crippen LogP contribution is 2.29. The van der Waals surface area contributed by atoms with Crippen LogP contribution in [0.5, 0.6) is 0 Å². The molecule has 1 aliphatic rings. The van der Waals surface area contributed by atoms with Crippen molar-refractivity contribution >= 4 is 6.29 Å².